The van der Waals surface area contributed by atoms with Gasteiger partial charge < -0.3 is 20.1 Å². The van der Waals surface area contributed by atoms with Gasteiger partial charge in [-0.15, -0.1) is 0 Å². The van der Waals surface area contributed by atoms with E-state index in [0.29, 0.717) is 25.0 Å². The van der Waals surface area contributed by atoms with Crippen LogP contribution in [-0.2, 0) is 11.3 Å². The maximum absolute atomic E-state index is 12.5. The lowest BCUT2D eigenvalue weighted by Crippen LogP contribution is -2.50. The minimum Gasteiger partial charge on any atom is -0.347 e. The molecule has 0 saturated carbocycles. The van der Waals surface area contributed by atoms with Crippen LogP contribution in [0, 0.1) is 11.8 Å². The SMILES string of the molecule is CC1CCN(C(CNC(=O)Nc2ccc3c(ccn3CC(=O)N(C)C)c2)C(C)C)CC1. The third-order valence-corrected chi connectivity index (χ3v) is 6.36. The van der Waals surface area contributed by atoms with Gasteiger partial charge in [-0.3, -0.25) is 9.69 Å². The Morgan fingerprint density at radius 2 is 1.87 bits per heavy atom. The van der Waals surface area contributed by atoms with Crippen LogP contribution in [-0.4, -0.2) is 66.1 Å². The Balaban J connectivity index is 1.57. The van der Waals surface area contributed by atoms with Crippen LogP contribution in [0.1, 0.15) is 33.6 Å². The molecule has 0 spiro atoms. The second kappa shape index (κ2) is 10.2. The molecule has 3 rings (SSSR count). The predicted octanol–water partition coefficient (Wildman–Crippen LogP) is 3.61. The van der Waals surface area contributed by atoms with Crippen LogP contribution in [0.15, 0.2) is 30.5 Å². The molecule has 1 atom stereocenters. The number of nitrogens with zero attached hydrogens (tertiary/aromatic N) is 3. The highest BCUT2D eigenvalue weighted by atomic mass is 16.2. The first-order valence-electron chi connectivity index (χ1n) is 11.3. The van der Waals surface area contributed by atoms with Gasteiger partial charge in [0.15, 0.2) is 0 Å². The number of carbonyl (C=O) groups excluding carboxylic acids is 2. The minimum absolute atomic E-state index is 0.0435. The van der Waals surface area contributed by atoms with E-state index in [1.54, 1.807) is 19.0 Å². The fourth-order valence-electron chi connectivity index (χ4n) is 4.22. The highest BCUT2D eigenvalue weighted by molar-refractivity contribution is 5.93. The zero-order valence-corrected chi connectivity index (χ0v) is 19.5. The Morgan fingerprint density at radius 3 is 2.52 bits per heavy atom. The Bertz CT molecular complexity index is 897. The van der Waals surface area contributed by atoms with Crippen LogP contribution < -0.4 is 10.6 Å². The van der Waals surface area contributed by atoms with Gasteiger partial charge >= 0.3 is 6.03 Å². The van der Waals surface area contributed by atoms with Crippen molar-refractivity contribution >= 4 is 28.5 Å². The lowest BCUT2D eigenvalue weighted by Gasteiger charge is -2.38. The standard InChI is InChI=1S/C24H37N5O2/c1-17(2)22(28-11-8-18(3)9-12-28)15-25-24(31)26-20-6-7-21-19(14-20)10-13-29(21)16-23(30)27(4)5/h6-7,10,13-14,17-18,22H,8-9,11-12,15-16H2,1-5H3,(H2,25,26,31). The predicted molar refractivity (Wildman–Crippen MR) is 126 cm³/mol. The van der Waals surface area contributed by atoms with Crippen molar-refractivity contribution in [3.63, 3.8) is 0 Å². The fraction of sp³-hybridized carbons (Fsp3) is 0.583. The number of aromatic nitrogens is 1. The monoisotopic (exact) mass is 427 g/mol. The number of rotatable bonds is 7. The van der Waals surface area contributed by atoms with Crippen LogP contribution in [0.2, 0.25) is 0 Å². The summed E-state index contributed by atoms with van der Waals surface area (Å²) >= 11 is 0. The number of hydrogen-bond acceptors (Lipinski definition) is 3. The molecule has 1 aromatic carbocycles. The largest absolute Gasteiger partial charge is 0.347 e. The van der Waals surface area contributed by atoms with E-state index in [0.717, 1.165) is 35.6 Å². The van der Waals surface area contributed by atoms with E-state index in [1.165, 1.54) is 12.8 Å². The van der Waals surface area contributed by atoms with Crippen molar-refractivity contribution in [1.29, 1.82) is 0 Å². The first-order chi connectivity index (χ1) is 14.7. The topological polar surface area (TPSA) is 69.6 Å². The molecule has 170 valence electrons. The van der Waals surface area contributed by atoms with Crippen LogP contribution in [0.25, 0.3) is 10.9 Å². The number of anilines is 1. The Kier molecular flexibility index (Phi) is 7.59. The average molecular weight is 428 g/mol. The third kappa shape index (κ3) is 6.00. The van der Waals surface area contributed by atoms with Gasteiger partial charge in [-0.2, -0.15) is 0 Å². The van der Waals surface area contributed by atoms with Crippen molar-refractivity contribution in [2.75, 3.05) is 39.0 Å². The smallest absolute Gasteiger partial charge is 0.319 e. The summed E-state index contributed by atoms with van der Waals surface area (Å²) in [6.45, 7) is 9.93. The lowest BCUT2D eigenvalue weighted by molar-refractivity contribution is -0.129. The Labute approximate surface area is 185 Å². The van der Waals surface area contributed by atoms with Gasteiger partial charge in [0.1, 0.15) is 6.54 Å². The molecule has 1 saturated heterocycles. The summed E-state index contributed by atoms with van der Waals surface area (Å²) in [6, 6.07) is 7.90. The highest BCUT2D eigenvalue weighted by Gasteiger charge is 2.26. The van der Waals surface area contributed by atoms with Gasteiger partial charge in [0.05, 0.1) is 0 Å². The first-order valence-corrected chi connectivity index (χ1v) is 11.3. The summed E-state index contributed by atoms with van der Waals surface area (Å²) in [6.07, 6.45) is 4.37. The number of benzene rings is 1. The summed E-state index contributed by atoms with van der Waals surface area (Å²) in [7, 11) is 3.51. The highest BCUT2D eigenvalue weighted by Crippen LogP contribution is 2.22. The average Bonchev–Trinajstić information content (AvgIpc) is 3.11. The van der Waals surface area contributed by atoms with Crippen molar-refractivity contribution in [1.82, 2.24) is 19.7 Å². The Morgan fingerprint density at radius 1 is 1.16 bits per heavy atom. The van der Waals surface area contributed by atoms with Gasteiger partial charge in [0.2, 0.25) is 5.91 Å². The number of likely N-dealkylation sites (tertiary alicyclic amines) is 1. The zero-order valence-electron chi connectivity index (χ0n) is 19.5. The van der Waals surface area contributed by atoms with Crippen LogP contribution >= 0.6 is 0 Å². The summed E-state index contributed by atoms with van der Waals surface area (Å²) in [5.41, 5.74) is 1.72. The molecule has 7 heteroatoms. The molecule has 1 aliphatic rings. The molecular formula is C24H37N5O2. The van der Waals surface area contributed by atoms with Gasteiger partial charge in [-0.25, -0.2) is 4.79 Å². The summed E-state index contributed by atoms with van der Waals surface area (Å²) in [5, 5.41) is 7.01. The van der Waals surface area contributed by atoms with Crippen molar-refractivity contribution in [3.05, 3.63) is 30.5 Å². The van der Waals surface area contributed by atoms with Crippen molar-refractivity contribution < 1.29 is 9.59 Å². The number of amides is 3. The van der Waals surface area contributed by atoms with E-state index in [9.17, 15) is 9.59 Å². The molecule has 1 fully saturated rings. The summed E-state index contributed by atoms with van der Waals surface area (Å²) in [4.78, 5) is 28.7. The van der Waals surface area contributed by atoms with Crippen molar-refractivity contribution in [2.45, 2.75) is 46.2 Å². The molecule has 2 N–H and O–H groups in total. The van der Waals surface area contributed by atoms with E-state index in [-0.39, 0.29) is 11.9 Å². The maximum atomic E-state index is 12.5. The number of nitrogens with one attached hydrogen (secondary N) is 2. The molecule has 3 amide bonds. The molecule has 2 aromatic rings. The molecule has 7 nitrogen and oxygen atoms in total. The molecule has 0 aliphatic carbocycles. The van der Waals surface area contributed by atoms with E-state index >= 15 is 0 Å². The van der Waals surface area contributed by atoms with Gasteiger partial charge in [0, 0.05) is 49.5 Å². The molecule has 1 aliphatic heterocycles. The number of urea groups is 1. The molecule has 0 radical (unpaired) electrons. The molecule has 0 bridgehead atoms. The van der Waals surface area contributed by atoms with E-state index < -0.39 is 0 Å². The number of carbonyl (C=O) groups is 2. The molecule has 1 unspecified atom stereocenters. The third-order valence-electron chi connectivity index (χ3n) is 6.36. The summed E-state index contributed by atoms with van der Waals surface area (Å²) in [5.74, 6) is 1.32. The van der Waals surface area contributed by atoms with Crippen molar-refractivity contribution in [3.8, 4) is 0 Å². The number of piperidine rings is 1. The number of likely N-dealkylation sites (N-methyl/N-ethyl adjacent to an activating group) is 1. The molecule has 1 aromatic heterocycles. The zero-order chi connectivity index (χ0) is 22.5. The minimum atomic E-state index is -0.183. The molecular weight excluding hydrogens is 390 g/mol. The van der Waals surface area contributed by atoms with E-state index in [4.69, 9.17) is 0 Å². The van der Waals surface area contributed by atoms with Gasteiger partial charge in [-0.1, -0.05) is 20.8 Å². The summed E-state index contributed by atoms with van der Waals surface area (Å²) < 4.78 is 1.92. The molecule has 31 heavy (non-hydrogen) atoms. The van der Waals surface area contributed by atoms with Crippen molar-refractivity contribution in [2.24, 2.45) is 11.8 Å². The molecule has 2 heterocycles. The number of hydrogen-bond donors (Lipinski definition) is 2. The quantitative estimate of drug-likeness (QED) is 0.709. The van der Waals surface area contributed by atoms with E-state index in [1.807, 2.05) is 35.0 Å². The maximum Gasteiger partial charge on any atom is 0.319 e. The normalized spacial score (nSPS) is 16.5. The fourth-order valence-corrected chi connectivity index (χ4v) is 4.22. The van der Waals surface area contributed by atoms with Gasteiger partial charge in [-0.05, 0) is 62.0 Å². The second-order valence-electron chi connectivity index (χ2n) is 9.37. The van der Waals surface area contributed by atoms with Crippen LogP contribution in [0.3, 0.4) is 0 Å². The lowest BCUT2D eigenvalue weighted by atomic mass is 9.94. The second-order valence-corrected chi connectivity index (χ2v) is 9.37. The first kappa shape index (κ1) is 23.1. The van der Waals surface area contributed by atoms with Crippen LogP contribution in [0.5, 0.6) is 0 Å². The van der Waals surface area contributed by atoms with Crippen LogP contribution in [0.4, 0.5) is 10.5 Å². The van der Waals surface area contributed by atoms with E-state index in [2.05, 4.69) is 36.3 Å². The Hall–Kier alpha value is -2.54. The number of fused-ring (bicyclic) bond motifs is 1. The van der Waals surface area contributed by atoms with Gasteiger partial charge in [0.25, 0.3) is 0 Å².